The number of anilines is 1. The number of hydrogen-bond donors (Lipinski definition) is 2. The number of carboxylic acids is 1. The van der Waals surface area contributed by atoms with Crippen LogP contribution in [0.2, 0.25) is 5.02 Å². The summed E-state index contributed by atoms with van der Waals surface area (Å²) in [5, 5.41) is 12.5. The van der Waals surface area contributed by atoms with Gasteiger partial charge in [0, 0.05) is 10.7 Å². The van der Waals surface area contributed by atoms with E-state index in [2.05, 4.69) is 5.32 Å². The van der Waals surface area contributed by atoms with Crippen molar-refractivity contribution in [2.24, 2.45) is 0 Å². The van der Waals surface area contributed by atoms with E-state index in [1.54, 1.807) is 30.3 Å². The van der Waals surface area contributed by atoms with Gasteiger partial charge in [-0.1, -0.05) is 29.8 Å². The molecule has 3 nitrogen and oxygen atoms in total. The third-order valence-corrected chi connectivity index (χ3v) is 2.80. The molecule has 2 aromatic carbocycles. The van der Waals surface area contributed by atoms with Crippen molar-refractivity contribution in [3.63, 3.8) is 0 Å². The highest BCUT2D eigenvalue weighted by molar-refractivity contribution is 6.30. The molecule has 19 heavy (non-hydrogen) atoms. The number of nitrogens with one attached hydrogen (secondary N) is 1. The number of carbonyl (C=O) groups is 1. The van der Waals surface area contributed by atoms with Crippen LogP contribution in [0.3, 0.4) is 0 Å². The van der Waals surface area contributed by atoms with Gasteiger partial charge in [-0.2, -0.15) is 0 Å². The molecular formula is C14H11ClFNO2. The zero-order chi connectivity index (χ0) is 13.8. The molecule has 0 spiro atoms. The highest BCUT2D eigenvalue weighted by Gasteiger charge is 2.19. The Morgan fingerprint density at radius 1 is 1.21 bits per heavy atom. The molecule has 0 aromatic heterocycles. The molecular weight excluding hydrogens is 269 g/mol. The first-order valence-electron chi connectivity index (χ1n) is 5.56. The predicted molar refractivity (Wildman–Crippen MR) is 71.9 cm³/mol. The van der Waals surface area contributed by atoms with Crippen LogP contribution >= 0.6 is 11.6 Å². The average Bonchev–Trinajstić information content (AvgIpc) is 2.35. The van der Waals surface area contributed by atoms with Crippen LogP contribution in [0.15, 0.2) is 48.5 Å². The zero-order valence-electron chi connectivity index (χ0n) is 9.81. The van der Waals surface area contributed by atoms with Gasteiger partial charge in [0.2, 0.25) is 0 Å². The van der Waals surface area contributed by atoms with Crippen molar-refractivity contribution < 1.29 is 14.3 Å². The van der Waals surface area contributed by atoms with E-state index in [1.165, 1.54) is 18.2 Å². The highest BCUT2D eigenvalue weighted by Crippen LogP contribution is 2.23. The lowest BCUT2D eigenvalue weighted by molar-refractivity contribution is -0.138. The Labute approximate surface area is 114 Å². The van der Waals surface area contributed by atoms with E-state index in [0.29, 0.717) is 16.3 Å². The number of rotatable bonds is 4. The van der Waals surface area contributed by atoms with Crippen LogP contribution in [0.4, 0.5) is 10.1 Å². The minimum Gasteiger partial charge on any atom is -0.479 e. The van der Waals surface area contributed by atoms with E-state index in [1.807, 2.05) is 0 Å². The van der Waals surface area contributed by atoms with Crippen molar-refractivity contribution in [2.45, 2.75) is 6.04 Å². The van der Waals surface area contributed by atoms with Crippen molar-refractivity contribution in [3.8, 4) is 0 Å². The molecule has 1 atom stereocenters. The number of benzene rings is 2. The van der Waals surface area contributed by atoms with E-state index < -0.39 is 17.8 Å². The maximum absolute atomic E-state index is 13.1. The minimum atomic E-state index is -1.06. The molecule has 0 saturated carbocycles. The van der Waals surface area contributed by atoms with E-state index in [0.717, 1.165) is 0 Å². The smallest absolute Gasteiger partial charge is 0.330 e. The van der Waals surface area contributed by atoms with Crippen LogP contribution in [0.1, 0.15) is 11.6 Å². The molecule has 0 radical (unpaired) electrons. The second-order valence-electron chi connectivity index (χ2n) is 3.98. The van der Waals surface area contributed by atoms with Crippen LogP contribution in [0, 0.1) is 5.82 Å². The molecule has 2 N–H and O–H groups in total. The monoisotopic (exact) mass is 279 g/mol. The molecule has 0 aliphatic heterocycles. The normalized spacial score (nSPS) is 11.9. The lowest BCUT2D eigenvalue weighted by Gasteiger charge is -2.16. The van der Waals surface area contributed by atoms with Crippen molar-refractivity contribution >= 4 is 23.3 Å². The summed E-state index contributed by atoms with van der Waals surface area (Å²) < 4.78 is 13.1. The largest absolute Gasteiger partial charge is 0.479 e. The third-order valence-electron chi connectivity index (χ3n) is 2.56. The molecule has 0 saturated heterocycles. The van der Waals surface area contributed by atoms with Crippen molar-refractivity contribution in [1.29, 1.82) is 0 Å². The van der Waals surface area contributed by atoms with Crippen LogP contribution in [-0.4, -0.2) is 11.1 Å². The molecule has 1 unspecified atom stereocenters. The molecule has 0 bridgehead atoms. The molecule has 0 amide bonds. The fraction of sp³-hybridized carbons (Fsp3) is 0.0714. The van der Waals surface area contributed by atoms with Gasteiger partial charge in [-0.25, -0.2) is 9.18 Å². The summed E-state index contributed by atoms with van der Waals surface area (Å²) in [6.45, 7) is 0. The molecule has 0 fully saturated rings. The summed E-state index contributed by atoms with van der Waals surface area (Å²) in [7, 11) is 0. The molecule has 2 aromatic rings. The van der Waals surface area contributed by atoms with E-state index in [-0.39, 0.29) is 0 Å². The number of aliphatic carboxylic acids is 1. The first kappa shape index (κ1) is 13.4. The maximum atomic E-state index is 13.1. The summed E-state index contributed by atoms with van der Waals surface area (Å²) in [5.41, 5.74) is 0.900. The van der Waals surface area contributed by atoms with Gasteiger partial charge < -0.3 is 10.4 Å². The number of carboxylic acid groups (broad SMARTS) is 1. The summed E-state index contributed by atoms with van der Waals surface area (Å²) >= 11 is 5.84. The summed E-state index contributed by atoms with van der Waals surface area (Å²) in [5.74, 6) is -1.49. The average molecular weight is 280 g/mol. The number of hydrogen-bond acceptors (Lipinski definition) is 2. The zero-order valence-corrected chi connectivity index (χ0v) is 10.6. The second-order valence-corrected chi connectivity index (χ2v) is 4.42. The van der Waals surface area contributed by atoms with Gasteiger partial charge >= 0.3 is 5.97 Å². The molecule has 0 aliphatic carbocycles. The first-order valence-corrected chi connectivity index (χ1v) is 5.94. The van der Waals surface area contributed by atoms with Gasteiger partial charge in [-0.3, -0.25) is 0 Å². The van der Waals surface area contributed by atoms with Gasteiger partial charge in [-0.15, -0.1) is 0 Å². The molecule has 0 aliphatic rings. The van der Waals surface area contributed by atoms with E-state index in [9.17, 15) is 14.3 Å². The van der Waals surface area contributed by atoms with E-state index in [4.69, 9.17) is 11.6 Å². The predicted octanol–water partition coefficient (Wildman–Crippen LogP) is 3.72. The van der Waals surface area contributed by atoms with Crippen molar-refractivity contribution in [3.05, 3.63) is 64.9 Å². The summed E-state index contributed by atoms with van der Waals surface area (Å²) in [6, 6.07) is 11.2. The Kier molecular flexibility index (Phi) is 4.02. The molecule has 98 valence electrons. The van der Waals surface area contributed by atoms with Gasteiger partial charge in [0.1, 0.15) is 5.82 Å². The lowest BCUT2D eigenvalue weighted by atomic mass is 10.1. The second kappa shape index (κ2) is 5.71. The van der Waals surface area contributed by atoms with Crippen LogP contribution in [0.5, 0.6) is 0 Å². The summed E-state index contributed by atoms with van der Waals surface area (Å²) in [6.07, 6.45) is 0. The molecule has 5 heteroatoms. The number of halogens is 2. The Bertz CT molecular complexity index is 604. The Hall–Kier alpha value is -2.07. The van der Waals surface area contributed by atoms with Crippen LogP contribution in [0.25, 0.3) is 0 Å². The van der Waals surface area contributed by atoms with Gasteiger partial charge in [-0.05, 0) is 35.9 Å². The first-order chi connectivity index (χ1) is 9.06. The van der Waals surface area contributed by atoms with Crippen LogP contribution in [-0.2, 0) is 4.79 Å². The van der Waals surface area contributed by atoms with E-state index >= 15 is 0 Å². The van der Waals surface area contributed by atoms with Gasteiger partial charge in [0.05, 0.1) is 0 Å². The minimum absolute atomic E-state index is 0.396. The molecule has 2 rings (SSSR count). The SMILES string of the molecule is O=C(O)C(Nc1cccc(F)c1)c1cccc(Cl)c1. The Balaban J connectivity index is 2.29. The Morgan fingerprint density at radius 3 is 2.58 bits per heavy atom. The quantitative estimate of drug-likeness (QED) is 0.897. The Morgan fingerprint density at radius 2 is 1.95 bits per heavy atom. The topological polar surface area (TPSA) is 49.3 Å². The highest BCUT2D eigenvalue weighted by atomic mass is 35.5. The maximum Gasteiger partial charge on any atom is 0.330 e. The standard InChI is InChI=1S/C14H11ClFNO2/c15-10-4-1-3-9(7-10)13(14(18)19)17-12-6-2-5-11(16)8-12/h1-8,13,17H,(H,18,19). The van der Waals surface area contributed by atoms with Crippen molar-refractivity contribution in [1.82, 2.24) is 0 Å². The fourth-order valence-corrected chi connectivity index (χ4v) is 1.92. The molecule has 0 heterocycles. The van der Waals surface area contributed by atoms with Crippen molar-refractivity contribution in [2.75, 3.05) is 5.32 Å². The van der Waals surface area contributed by atoms with Gasteiger partial charge in [0.25, 0.3) is 0 Å². The van der Waals surface area contributed by atoms with Crippen LogP contribution < -0.4 is 5.32 Å². The fourth-order valence-electron chi connectivity index (χ4n) is 1.72. The lowest BCUT2D eigenvalue weighted by Crippen LogP contribution is -2.20. The summed E-state index contributed by atoms with van der Waals surface area (Å²) in [4.78, 5) is 11.3. The van der Waals surface area contributed by atoms with Gasteiger partial charge in [0.15, 0.2) is 6.04 Å². The third kappa shape index (κ3) is 3.45.